The van der Waals surface area contributed by atoms with E-state index in [-0.39, 0.29) is 17.2 Å². The lowest BCUT2D eigenvalue weighted by atomic mass is 10.1. The molecule has 0 amide bonds. The third-order valence-corrected chi connectivity index (χ3v) is 10.3. The van der Waals surface area contributed by atoms with Crippen LogP contribution in [0.1, 0.15) is 38.3 Å². The SMILES string of the molecule is C=CC[C@H](OCc1ccccc1)[C@@H](CO[Si](C)(C)C(C)(C)C)OCc1ccccc1. The molecule has 3 nitrogen and oxygen atoms in total. The van der Waals surface area contributed by atoms with Gasteiger partial charge in [0.1, 0.15) is 6.10 Å². The number of rotatable bonds is 12. The summed E-state index contributed by atoms with van der Waals surface area (Å²) in [5.41, 5.74) is 2.30. The van der Waals surface area contributed by atoms with Crippen LogP contribution in [-0.4, -0.2) is 27.1 Å². The van der Waals surface area contributed by atoms with Crippen LogP contribution in [0, 0.1) is 0 Å². The summed E-state index contributed by atoms with van der Waals surface area (Å²) in [5, 5.41) is 0.149. The third-order valence-electron chi connectivity index (χ3n) is 5.84. The van der Waals surface area contributed by atoms with Crippen molar-refractivity contribution < 1.29 is 13.9 Å². The average molecular weight is 427 g/mol. The standard InChI is InChI=1S/C26H38O3Si/c1-7-14-24(27-19-22-15-10-8-11-16-22)25(21-29-30(5,6)26(2,3)4)28-20-23-17-12-9-13-18-23/h7-13,15-18,24-25H,1,14,19-21H2,2-6H3/t24-,25+/m0/s1. The predicted octanol–water partition coefficient (Wildman–Crippen LogP) is 6.76. The van der Waals surface area contributed by atoms with Crippen LogP contribution < -0.4 is 0 Å². The molecule has 2 aromatic carbocycles. The summed E-state index contributed by atoms with van der Waals surface area (Å²) in [6.45, 7) is 16.9. The number of benzene rings is 2. The van der Waals surface area contributed by atoms with E-state index in [0.717, 1.165) is 11.1 Å². The van der Waals surface area contributed by atoms with Crippen LogP contribution in [0.2, 0.25) is 18.1 Å². The molecule has 164 valence electrons. The van der Waals surface area contributed by atoms with Crippen molar-refractivity contribution in [2.24, 2.45) is 0 Å². The minimum atomic E-state index is -1.89. The van der Waals surface area contributed by atoms with Gasteiger partial charge in [-0.15, -0.1) is 6.58 Å². The lowest BCUT2D eigenvalue weighted by Gasteiger charge is -2.38. The molecule has 0 saturated heterocycles. The van der Waals surface area contributed by atoms with Gasteiger partial charge in [-0.05, 0) is 35.7 Å². The Bertz CT molecular complexity index is 738. The second-order valence-electron chi connectivity index (χ2n) is 9.27. The van der Waals surface area contributed by atoms with Crippen molar-refractivity contribution in [3.8, 4) is 0 Å². The van der Waals surface area contributed by atoms with Crippen LogP contribution in [0.25, 0.3) is 0 Å². The smallest absolute Gasteiger partial charge is 0.192 e. The molecule has 2 aromatic rings. The predicted molar refractivity (Wildman–Crippen MR) is 128 cm³/mol. The Balaban J connectivity index is 2.11. The maximum atomic E-state index is 6.52. The first-order chi connectivity index (χ1) is 14.2. The number of hydrogen-bond acceptors (Lipinski definition) is 3. The summed E-state index contributed by atoms with van der Waals surface area (Å²) in [5.74, 6) is 0. The van der Waals surface area contributed by atoms with Crippen LogP contribution >= 0.6 is 0 Å². The maximum Gasteiger partial charge on any atom is 0.192 e. The van der Waals surface area contributed by atoms with Crippen LogP contribution in [0.15, 0.2) is 73.3 Å². The van der Waals surface area contributed by atoms with Crippen molar-refractivity contribution in [3.05, 3.63) is 84.4 Å². The van der Waals surface area contributed by atoms with Gasteiger partial charge in [-0.25, -0.2) is 0 Å². The van der Waals surface area contributed by atoms with Crippen molar-refractivity contribution in [3.63, 3.8) is 0 Å². The fourth-order valence-corrected chi connectivity index (χ4v) is 3.83. The lowest BCUT2D eigenvalue weighted by Crippen LogP contribution is -2.45. The molecule has 0 aliphatic heterocycles. The van der Waals surface area contributed by atoms with Gasteiger partial charge in [0.25, 0.3) is 0 Å². The summed E-state index contributed by atoms with van der Waals surface area (Å²) < 4.78 is 19.2. The highest BCUT2D eigenvalue weighted by atomic mass is 28.4. The van der Waals surface area contributed by atoms with Gasteiger partial charge in [0.15, 0.2) is 8.32 Å². The van der Waals surface area contributed by atoms with E-state index in [1.807, 2.05) is 42.5 Å². The van der Waals surface area contributed by atoms with Gasteiger partial charge in [-0.2, -0.15) is 0 Å². The van der Waals surface area contributed by atoms with Gasteiger partial charge in [-0.3, -0.25) is 0 Å². The maximum absolute atomic E-state index is 6.52. The highest BCUT2D eigenvalue weighted by Gasteiger charge is 2.38. The van der Waals surface area contributed by atoms with Crippen LogP contribution in [0.3, 0.4) is 0 Å². The molecule has 0 aliphatic carbocycles. The topological polar surface area (TPSA) is 27.7 Å². The monoisotopic (exact) mass is 426 g/mol. The number of hydrogen-bond donors (Lipinski definition) is 0. The molecule has 2 atom stereocenters. The zero-order valence-electron chi connectivity index (χ0n) is 19.3. The molecule has 0 radical (unpaired) electrons. The largest absolute Gasteiger partial charge is 0.414 e. The Morgan fingerprint density at radius 1 is 0.833 bits per heavy atom. The second kappa shape index (κ2) is 11.6. The van der Waals surface area contributed by atoms with E-state index in [1.165, 1.54) is 0 Å². The summed E-state index contributed by atoms with van der Waals surface area (Å²) in [4.78, 5) is 0. The molecule has 0 fully saturated rings. The highest BCUT2D eigenvalue weighted by molar-refractivity contribution is 6.74. The fourth-order valence-electron chi connectivity index (χ4n) is 2.82. The minimum Gasteiger partial charge on any atom is -0.414 e. The van der Waals surface area contributed by atoms with Gasteiger partial charge in [0.2, 0.25) is 0 Å². The molecule has 2 rings (SSSR count). The number of ether oxygens (including phenoxy) is 2. The van der Waals surface area contributed by atoms with Crippen molar-refractivity contribution in [2.45, 2.75) is 70.7 Å². The quantitative estimate of drug-likeness (QED) is 0.277. The molecule has 4 heteroatoms. The summed E-state index contributed by atoms with van der Waals surface area (Å²) >= 11 is 0. The van der Waals surface area contributed by atoms with Crippen LogP contribution in [0.5, 0.6) is 0 Å². The minimum absolute atomic E-state index is 0.115. The van der Waals surface area contributed by atoms with E-state index in [1.54, 1.807) is 0 Å². The van der Waals surface area contributed by atoms with E-state index < -0.39 is 8.32 Å². The Kier molecular flexibility index (Phi) is 9.50. The van der Waals surface area contributed by atoms with E-state index >= 15 is 0 Å². The molecular weight excluding hydrogens is 388 g/mol. The van der Waals surface area contributed by atoms with Crippen molar-refractivity contribution in [2.75, 3.05) is 6.61 Å². The highest BCUT2D eigenvalue weighted by Crippen LogP contribution is 2.36. The zero-order valence-corrected chi connectivity index (χ0v) is 20.3. The van der Waals surface area contributed by atoms with Crippen molar-refractivity contribution >= 4 is 8.32 Å². The van der Waals surface area contributed by atoms with Crippen molar-refractivity contribution in [1.82, 2.24) is 0 Å². The summed E-state index contributed by atoms with van der Waals surface area (Å²) in [7, 11) is -1.89. The first kappa shape index (κ1) is 24.5. The summed E-state index contributed by atoms with van der Waals surface area (Å²) in [6, 6.07) is 20.5. The van der Waals surface area contributed by atoms with Gasteiger partial charge in [0.05, 0.1) is 25.9 Å². The molecule has 0 bridgehead atoms. The zero-order chi connectivity index (χ0) is 22.0. The fraction of sp³-hybridized carbons (Fsp3) is 0.462. The Hall–Kier alpha value is -1.72. The second-order valence-corrected chi connectivity index (χ2v) is 14.1. The Morgan fingerprint density at radius 2 is 1.30 bits per heavy atom. The molecule has 0 aliphatic rings. The van der Waals surface area contributed by atoms with Crippen LogP contribution in [0.4, 0.5) is 0 Å². The van der Waals surface area contributed by atoms with Gasteiger partial charge in [-0.1, -0.05) is 87.5 Å². The van der Waals surface area contributed by atoms with E-state index in [9.17, 15) is 0 Å². The molecule has 30 heavy (non-hydrogen) atoms. The molecule has 0 saturated carbocycles. The molecule has 0 unspecified atom stereocenters. The molecular formula is C26H38O3Si. The third kappa shape index (κ3) is 7.84. The van der Waals surface area contributed by atoms with Crippen molar-refractivity contribution in [1.29, 1.82) is 0 Å². The first-order valence-corrected chi connectivity index (χ1v) is 13.7. The van der Waals surface area contributed by atoms with E-state index in [2.05, 4.69) is 64.7 Å². The Labute approximate surface area is 184 Å². The van der Waals surface area contributed by atoms with Crippen LogP contribution in [-0.2, 0) is 27.1 Å². The van der Waals surface area contributed by atoms with Gasteiger partial charge in [0, 0.05) is 0 Å². The lowest BCUT2D eigenvalue weighted by molar-refractivity contribution is -0.100. The molecule has 0 spiro atoms. The molecule has 0 aromatic heterocycles. The first-order valence-electron chi connectivity index (χ1n) is 10.8. The normalized spacial score (nSPS) is 14.3. The molecule has 0 N–H and O–H groups in total. The molecule has 0 heterocycles. The van der Waals surface area contributed by atoms with E-state index in [4.69, 9.17) is 13.9 Å². The Morgan fingerprint density at radius 3 is 1.73 bits per heavy atom. The average Bonchev–Trinajstić information content (AvgIpc) is 2.72. The summed E-state index contributed by atoms with van der Waals surface area (Å²) in [6.07, 6.45) is 2.34. The van der Waals surface area contributed by atoms with Gasteiger partial charge >= 0.3 is 0 Å². The van der Waals surface area contributed by atoms with Gasteiger partial charge < -0.3 is 13.9 Å². The van der Waals surface area contributed by atoms with E-state index in [0.29, 0.717) is 26.2 Å².